The molecule has 0 atom stereocenters. The van der Waals surface area contributed by atoms with Gasteiger partial charge >= 0.3 is 17.1 Å². The van der Waals surface area contributed by atoms with Gasteiger partial charge in [0.25, 0.3) is 0 Å². The van der Waals surface area contributed by atoms with E-state index in [0.29, 0.717) is 0 Å². The molecule has 0 bridgehead atoms. The molecule has 3 aromatic rings. The maximum absolute atomic E-state index is 8.06. The maximum Gasteiger partial charge on any atom is 3.00 e. The van der Waals surface area contributed by atoms with Gasteiger partial charge in [-0.2, -0.15) is 10.3 Å². The van der Waals surface area contributed by atoms with E-state index < -0.39 is 0 Å². The molecule has 0 amide bonds. The van der Waals surface area contributed by atoms with Gasteiger partial charge in [0.15, 0.2) is 0 Å². The van der Waals surface area contributed by atoms with Gasteiger partial charge in [0.2, 0.25) is 0 Å². The molecule has 7 nitrogen and oxygen atoms in total. The molecule has 3 rings (SSSR count). The van der Waals surface area contributed by atoms with Crippen LogP contribution in [0, 0.1) is 0 Å². The Hall–Kier alpha value is -2.51. The van der Waals surface area contributed by atoms with Crippen LogP contribution >= 0.6 is 24.4 Å². The number of thiocarbonyl (C=S) groups is 2. The molecule has 33 heavy (non-hydrogen) atoms. The van der Waals surface area contributed by atoms with E-state index >= 15 is 0 Å². The quantitative estimate of drug-likeness (QED) is 0.282. The molecule has 0 aromatic carbocycles. The average Bonchev–Trinajstić information content (AvgIpc) is 2.77. The number of hydrogen-bond donors (Lipinski definition) is 1. The summed E-state index contributed by atoms with van der Waals surface area (Å²) in [5.74, 6) is 0. The van der Waals surface area contributed by atoms with Crippen molar-refractivity contribution in [2.45, 2.75) is 39.6 Å². The summed E-state index contributed by atoms with van der Waals surface area (Å²) in [5.41, 5.74) is 3.15. The van der Waals surface area contributed by atoms with Crippen molar-refractivity contribution in [3.05, 3.63) is 101 Å². The zero-order valence-electron chi connectivity index (χ0n) is 18.4. The molecule has 1 N–H and O–H groups in total. The number of aromatic nitrogens is 3. The smallest absolute Gasteiger partial charge is 0.753 e. The van der Waals surface area contributed by atoms with Crippen LogP contribution in [-0.2, 0) is 36.7 Å². The number of isothiocyanates is 2. The molecular formula is C23H26FeN6OS2+. The van der Waals surface area contributed by atoms with Gasteiger partial charge in [0.05, 0.1) is 17.1 Å². The van der Waals surface area contributed by atoms with Crippen LogP contribution < -0.4 is 0 Å². The van der Waals surface area contributed by atoms with E-state index in [9.17, 15) is 0 Å². The second kappa shape index (κ2) is 22.7. The zero-order chi connectivity index (χ0) is 24.0. The van der Waals surface area contributed by atoms with E-state index in [-0.39, 0.29) is 23.2 Å². The van der Waals surface area contributed by atoms with Crippen LogP contribution in [0.4, 0.5) is 0 Å². The van der Waals surface area contributed by atoms with E-state index in [1.54, 1.807) is 13.8 Å². The second-order valence-corrected chi connectivity index (χ2v) is 6.75. The maximum atomic E-state index is 8.06. The van der Waals surface area contributed by atoms with Crippen molar-refractivity contribution in [1.29, 1.82) is 0 Å². The first-order valence-electron chi connectivity index (χ1n) is 9.59. The molecule has 0 saturated carbocycles. The minimum absolute atomic E-state index is 0. The SMILES string of the molecule is CC(C)O.[Fe+3].[N-]=C=S.[N-]=C=S.c1ccc(CN(Cc2ccccn2)Cc2ccccn2)nc1. The van der Waals surface area contributed by atoms with Gasteiger partial charge in [-0.15, -0.1) is 0 Å². The molecule has 0 saturated heterocycles. The molecule has 3 heterocycles. The third kappa shape index (κ3) is 19.9. The van der Waals surface area contributed by atoms with Gasteiger partial charge in [0.1, 0.15) is 0 Å². The topological polar surface area (TPSA) is 107 Å². The molecule has 0 fully saturated rings. The van der Waals surface area contributed by atoms with E-state index in [0.717, 1.165) is 36.7 Å². The van der Waals surface area contributed by atoms with Gasteiger partial charge in [-0.3, -0.25) is 19.9 Å². The van der Waals surface area contributed by atoms with Crippen molar-refractivity contribution in [2.24, 2.45) is 0 Å². The monoisotopic (exact) mass is 522 g/mol. The van der Waals surface area contributed by atoms with Crippen LogP contribution in [0.5, 0.6) is 0 Å². The predicted molar refractivity (Wildman–Crippen MR) is 135 cm³/mol. The molecule has 10 heteroatoms. The van der Waals surface area contributed by atoms with Crippen molar-refractivity contribution >= 4 is 34.8 Å². The third-order valence-electron chi connectivity index (χ3n) is 3.34. The number of nitrogens with zero attached hydrogens (tertiary/aromatic N) is 6. The van der Waals surface area contributed by atoms with Gasteiger partial charge in [0, 0.05) is 44.3 Å². The molecule has 0 aliphatic heterocycles. The molecule has 1 radical (unpaired) electrons. The van der Waals surface area contributed by atoms with Crippen molar-refractivity contribution in [1.82, 2.24) is 19.9 Å². The summed E-state index contributed by atoms with van der Waals surface area (Å²) in [7, 11) is 0. The number of pyridine rings is 3. The molecule has 3 aromatic heterocycles. The van der Waals surface area contributed by atoms with E-state index in [4.69, 9.17) is 15.9 Å². The Balaban J connectivity index is 0. The number of aliphatic hydroxyl groups excluding tert-OH is 1. The van der Waals surface area contributed by atoms with Crippen LogP contribution in [-0.4, -0.2) is 41.4 Å². The summed E-state index contributed by atoms with van der Waals surface area (Å²) in [6.45, 7) is 5.76. The molecular weight excluding hydrogens is 496 g/mol. The molecule has 0 spiro atoms. The molecule has 0 aliphatic carbocycles. The minimum Gasteiger partial charge on any atom is -0.753 e. The summed E-state index contributed by atoms with van der Waals surface area (Å²) in [4.78, 5) is 15.6. The van der Waals surface area contributed by atoms with E-state index in [1.807, 2.05) is 73.2 Å². The first-order valence-corrected chi connectivity index (χ1v) is 10.4. The van der Waals surface area contributed by atoms with Gasteiger partial charge in [-0.1, -0.05) is 42.6 Å². The molecule has 0 aliphatic rings. The Kier molecular flexibility index (Phi) is 22.4. The number of rotatable bonds is 6. The Labute approximate surface area is 216 Å². The van der Waals surface area contributed by atoms with Crippen LogP contribution in [0.3, 0.4) is 0 Å². The van der Waals surface area contributed by atoms with Crippen LogP contribution in [0.1, 0.15) is 30.9 Å². The summed E-state index contributed by atoms with van der Waals surface area (Å²) >= 11 is 7.40. The average molecular weight is 522 g/mol. The van der Waals surface area contributed by atoms with Gasteiger partial charge in [-0.05, 0) is 50.2 Å². The fourth-order valence-electron chi connectivity index (χ4n) is 2.33. The Morgan fingerprint density at radius 1 is 0.758 bits per heavy atom. The van der Waals surface area contributed by atoms with Crippen molar-refractivity contribution in [3.63, 3.8) is 0 Å². The summed E-state index contributed by atoms with van der Waals surface area (Å²) in [6, 6.07) is 18.0. The normalized spacial score (nSPS) is 8.76. The fraction of sp³-hybridized carbons (Fsp3) is 0.261. The van der Waals surface area contributed by atoms with Gasteiger partial charge < -0.3 is 15.9 Å². The van der Waals surface area contributed by atoms with Gasteiger partial charge in [-0.25, -0.2) is 0 Å². The zero-order valence-corrected chi connectivity index (χ0v) is 21.2. The Morgan fingerprint density at radius 2 is 1.00 bits per heavy atom. The molecule has 0 unspecified atom stereocenters. The van der Waals surface area contributed by atoms with Crippen molar-refractivity contribution in [2.75, 3.05) is 0 Å². The first-order chi connectivity index (χ1) is 15.5. The Bertz CT molecular complexity index is 793. The van der Waals surface area contributed by atoms with E-state index in [1.165, 1.54) is 10.3 Å². The fourth-order valence-corrected chi connectivity index (χ4v) is 2.33. The van der Waals surface area contributed by atoms with Crippen molar-refractivity contribution in [3.8, 4) is 0 Å². The summed E-state index contributed by atoms with van der Waals surface area (Å²) in [6.07, 6.45) is 5.32. The number of hydrogen-bond acceptors (Lipinski definition) is 7. The summed E-state index contributed by atoms with van der Waals surface area (Å²) in [5, 5.41) is 25.0. The summed E-state index contributed by atoms with van der Waals surface area (Å²) < 4.78 is 0. The minimum atomic E-state index is -0.167. The largest absolute Gasteiger partial charge is 3.00 e. The Morgan fingerprint density at radius 3 is 1.18 bits per heavy atom. The standard InChI is InChI=1S/C18H18N4.C3H8O.2CNS.Fe/c1-4-10-19-16(7-1)13-22(14-17-8-2-5-11-20-17)15-18-9-3-6-12-21-18;1-3(2)4;2*2-1-3;/h1-12H,13-15H2;3-4H,1-2H3;;;/q;;2*-1;+3. The predicted octanol–water partition coefficient (Wildman–Crippen LogP) is 4.78. The number of aliphatic hydroxyl groups is 1. The third-order valence-corrected chi connectivity index (χ3v) is 3.34. The first kappa shape index (κ1) is 32.7. The molecule has 173 valence electrons. The van der Waals surface area contributed by atoms with Crippen LogP contribution in [0.25, 0.3) is 10.8 Å². The van der Waals surface area contributed by atoms with Crippen molar-refractivity contribution < 1.29 is 22.2 Å². The second-order valence-electron chi connectivity index (χ2n) is 6.38. The van der Waals surface area contributed by atoms with Crippen LogP contribution in [0.2, 0.25) is 0 Å². The van der Waals surface area contributed by atoms with E-state index in [2.05, 4.69) is 44.3 Å². The van der Waals surface area contributed by atoms with Crippen LogP contribution in [0.15, 0.2) is 73.2 Å².